The molecular weight excluding hydrogens is 290 g/mol. The zero-order valence-corrected chi connectivity index (χ0v) is 11.5. The summed E-state index contributed by atoms with van der Waals surface area (Å²) in [7, 11) is 1.41. The van der Waals surface area contributed by atoms with Gasteiger partial charge in [-0.3, -0.25) is 0 Å². The Hall–Kier alpha value is -1.29. The highest BCUT2D eigenvalue weighted by molar-refractivity contribution is 6.42. The summed E-state index contributed by atoms with van der Waals surface area (Å²) in [6.07, 6.45) is -1.25. The van der Waals surface area contributed by atoms with Crippen LogP contribution in [-0.2, 0) is 0 Å². The van der Waals surface area contributed by atoms with E-state index in [1.165, 1.54) is 19.2 Å². The third kappa shape index (κ3) is 2.68. The summed E-state index contributed by atoms with van der Waals surface area (Å²) < 4.78 is 19.0. The average molecular weight is 301 g/mol. The molecule has 0 radical (unpaired) electrons. The molecule has 0 bridgehead atoms. The minimum atomic E-state index is -1.25. The van der Waals surface area contributed by atoms with Crippen LogP contribution in [0.1, 0.15) is 17.2 Å². The third-order valence-electron chi connectivity index (χ3n) is 2.78. The molecule has 2 nitrogen and oxygen atoms in total. The molecule has 1 N–H and O–H groups in total. The number of methoxy groups -OCH3 is 1. The molecule has 0 aromatic heterocycles. The summed E-state index contributed by atoms with van der Waals surface area (Å²) in [5.41, 5.74) is 0.367. The van der Waals surface area contributed by atoms with Crippen LogP contribution in [0.25, 0.3) is 0 Å². The van der Waals surface area contributed by atoms with E-state index in [4.69, 9.17) is 27.9 Å². The van der Waals surface area contributed by atoms with Crippen LogP contribution in [0, 0.1) is 5.82 Å². The lowest BCUT2D eigenvalue weighted by atomic mass is 10.00. The molecular formula is C14H11Cl2FO2. The van der Waals surface area contributed by atoms with E-state index < -0.39 is 11.9 Å². The van der Waals surface area contributed by atoms with Gasteiger partial charge < -0.3 is 9.84 Å². The van der Waals surface area contributed by atoms with Gasteiger partial charge in [-0.2, -0.15) is 0 Å². The van der Waals surface area contributed by atoms with Crippen LogP contribution in [0.4, 0.5) is 4.39 Å². The van der Waals surface area contributed by atoms with E-state index in [1.54, 1.807) is 24.3 Å². The Morgan fingerprint density at radius 1 is 1.16 bits per heavy atom. The molecule has 0 aliphatic rings. The smallest absolute Gasteiger partial charge is 0.133 e. The fourth-order valence-corrected chi connectivity index (χ4v) is 2.26. The van der Waals surface area contributed by atoms with Crippen LogP contribution in [0.5, 0.6) is 5.75 Å². The SMILES string of the molecule is COc1cccc(F)c1C(O)c1cccc(Cl)c1Cl. The summed E-state index contributed by atoms with van der Waals surface area (Å²) in [4.78, 5) is 0. The maximum absolute atomic E-state index is 13.9. The van der Waals surface area contributed by atoms with Crippen molar-refractivity contribution in [3.8, 4) is 5.75 Å². The summed E-state index contributed by atoms with van der Waals surface area (Å²) >= 11 is 11.9. The Labute approximate surface area is 120 Å². The second-order valence-electron chi connectivity index (χ2n) is 3.90. The highest BCUT2D eigenvalue weighted by atomic mass is 35.5. The lowest BCUT2D eigenvalue weighted by molar-refractivity contribution is 0.209. The van der Waals surface area contributed by atoms with E-state index in [0.29, 0.717) is 10.6 Å². The topological polar surface area (TPSA) is 29.5 Å². The Bertz CT molecular complexity index is 602. The fraction of sp³-hybridized carbons (Fsp3) is 0.143. The molecule has 2 aromatic carbocycles. The number of hydrogen-bond donors (Lipinski definition) is 1. The monoisotopic (exact) mass is 300 g/mol. The molecule has 1 unspecified atom stereocenters. The van der Waals surface area contributed by atoms with E-state index in [1.807, 2.05) is 0 Å². The lowest BCUT2D eigenvalue weighted by Gasteiger charge is -2.17. The number of benzene rings is 2. The molecule has 0 fully saturated rings. The highest BCUT2D eigenvalue weighted by Gasteiger charge is 2.22. The number of rotatable bonds is 3. The highest BCUT2D eigenvalue weighted by Crippen LogP contribution is 2.37. The summed E-state index contributed by atoms with van der Waals surface area (Å²) in [5.74, 6) is -0.313. The molecule has 0 aliphatic heterocycles. The fourth-order valence-electron chi connectivity index (χ4n) is 1.85. The van der Waals surface area contributed by atoms with Crippen molar-refractivity contribution in [1.29, 1.82) is 0 Å². The number of aliphatic hydroxyl groups is 1. The normalized spacial score (nSPS) is 12.3. The molecule has 0 amide bonds. The standard InChI is InChI=1S/C14H11Cl2FO2/c1-19-11-7-3-6-10(17)12(11)14(18)8-4-2-5-9(15)13(8)16/h2-7,14,18H,1H3. The summed E-state index contributed by atoms with van der Waals surface area (Å²) in [6.45, 7) is 0. The van der Waals surface area contributed by atoms with E-state index in [0.717, 1.165) is 0 Å². The Morgan fingerprint density at radius 3 is 2.53 bits per heavy atom. The Kier molecular flexibility index (Phi) is 4.30. The third-order valence-corrected chi connectivity index (χ3v) is 3.62. The quantitative estimate of drug-likeness (QED) is 0.919. The van der Waals surface area contributed by atoms with Crippen molar-refractivity contribution in [3.05, 3.63) is 63.4 Å². The Balaban J connectivity index is 2.56. The predicted octanol–water partition coefficient (Wildman–Crippen LogP) is 4.22. The van der Waals surface area contributed by atoms with Gasteiger partial charge in [0.25, 0.3) is 0 Å². The molecule has 0 saturated heterocycles. The summed E-state index contributed by atoms with van der Waals surface area (Å²) in [5, 5.41) is 10.8. The van der Waals surface area contributed by atoms with Gasteiger partial charge in [0.1, 0.15) is 17.7 Å². The van der Waals surface area contributed by atoms with Crippen molar-refractivity contribution in [3.63, 3.8) is 0 Å². The first-order valence-corrected chi connectivity index (χ1v) is 6.26. The first-order chi connectivity index (χ1) is 9.06. The second kappa shape index (κ2) is 5.78. The van der Waals surface area contributed by atoms with Crippen LogP contribution >= 0.6 is 23.2 Å². The van der Waals surface area contributed by atoms with E-state index in [-0.39, 0.29) is 16.3 Å². The molecule has 0 heterocycles. The van der Waals surface area contributed by atoms with Gasteiger partial charge in [-0.1, -0.05) is 41.4 Å². The minimum Gasteiger partial charge on any atom is -0.496 e. The largest absolute Gasteiger partial charge is 0.496 e. The van der Waals surface area contributed by atoms with Gasteiger partial charge in [0.15, 0.2) is 0 Å². The van der Waals surface area contributed by atoms with Gasteiger partial charge in [-0.25, -0.2) is 4.39 Å². The zero-order chi connectivity index (χ0) is 14.0. The zero-order valence-electron chi connectivity index (χ0n) is 10.0. The van der Waals surface area contributed by atoms with Crippen LogP contribution in [0.15, 0.2) is 36.4 Å². The van der Waals surface area contributed by atoms with Gasteiger partial charge in [0.05, 0.1) is 22.7 Å². The van der Waals surface area contributed by atoms with Crippen LogP contribution in [-0.4, -0.2) is 12.2 Å². The van der Waals surface area contributed by atoms with Crippen molar-refractivity contribution < 1.29 is 14.2 Å². The van der Waals surface area contributed by atoms with Crippen LogP contribution < -0.4 is 4.74 Å². The predicted molar refractivity (Wildman–Crippen MR) is 73.5 cm³/mol. The van der Waals surface area contributed by atoms with Gasteiger partial charge in [0.2, 0.25) is 0 Å². The molecule has 0 saturated carbocycles. The van der Waals surface area contributed by atoms with Gasteiger partial charge in [-0.15, -0.1) is 0 Å². The molecule has 5 heteroatoms. The molecule has 2 rings (SSSR count). The van der Waals surface area contributed by atoms with E-state index in [2.05, 4.69) is 0 Å². The number of hydrogen-bond acceptors (Lipinski definition) is 2. The molecule has 1 atom stereocenters. The number of aliphatic hydroxyl groups excluding tert-OH is 1. The first kappa shape index (κ1) is 14.1. The maximum Gasteiger partial charge on any atom is 0.133 e. The average Bonchev–Trinajstić information content (AvgIpc) is 2.40. The summed E-state index contributed by atoms with van der Waals surface area (Å²) in [6, 6.07) is 9.15. The number of ether oxygens (including phenoxy) is 1. The molecule has 2 aromatic rings. The van der Waals surface area contributed by atoms with Crippen molar-refractivity contribution in [2.24, 2.45) is 0 Å². The van der Waals surface area contributed by atoms with Crippen molar-refractivity contribution in [1.82, 2.24) is 0 Å². The van der Waals surface area contributed by atoms with E-state index >= 15 is 0 Å². The Morgan fingerprint density at radius 2 is 1.84 bits per heavy atom. The van der Waals surface area contributed by atoms with Crippen molar-refractivity contribution >= 4 is 23.2 Å². The minimum absolute atomic E-state index is 0.0363. The van der Waals surface area contributed by atoms with Crippen LogP contribution in [0.2, 0.25) is 10.0 Å². The first-order valence-electron chi connectivity index (χ1n) is 5.50. The van der Waals surface area contributed by atoms with Crippen molar-refractivity contribution in [2.45, 2.75) is 6.10 Å². The molecule has 0 aliphatic carbocycles. The van der Waals surface area contributed by atoms with Gasteiger partial charge in [0, 0.05) is 5.56 Å². The number of halogens is 3. The van der Waals surface area contributed by atoms with Crippen molar-refractivity contribution in [2.75, 3.05) is 7.11 Å². The second-order valence-corrected chi connectivity index (χ2v) is 4.69. The van der Waals surface area contributed by atoms with Gasteiger partial charge >= 0.3 is 0 Å². The van der Waals surface area contributed by atoms with E-state index in [9.17, 15) is 9.50 Å². The lowest BCUT2D eigenvalue weighted by Crippen LogP contribution is -2.06. The molecule has 19 heavy (non-hydrogen) atoms. The molecule has 0 spiro atoms. The molecule has 100 valence electrons. The van der Waals surface area contributed by atoms with Crippen LogP contribution in [0.3, 0.4) is 0 Å². The van der Waals surface area contributed by atoms with Gasteiger partial charge in [-0.05, 0) is 18.2 Å². The maximum atomic E-state index is 13.9.